The number of nitrogens with zero attached hydrogens (tertiary/aromatic N) is 1. The van der Waals surface area contributed by atoms with E-state index in [9.17, 15) is 4.79 Å². The predicted octanol–water partition coefficient (Wildman–Crippen LogP) is 1.96. The summed E-state index contributed by atoms with van der Waals surface area (Å²) < 4.78 is 11.2. The van der Waals surface area contributed by atoms with Gasteiger partial charge in [0.1, 0.15) is 6.10 Å². The normalized spacial score (nSPS) is 20.4. The molecule has 2 aromatic rings. The van der Waals surface area contributed by atoms with Crippen molar-refractivity contribution in [2.45, 2.75) is 25.0 Å². The van der Waals surface area contributed by atoms with Crippen LogP contribution in [0.3, 0.4) is 0 Å². The molecule has 1 saturated heterocycles. The van der Waals surface area contributed by atoms with Gasteiger partial charge in [0.05, 0.1) is 31.6 Å². The van der Waals surface area contributed by atoms with E-state index < -0.39 is 0 Å². The van der Waals surface area contributed by atoms with E-state index in [-0.39, 0.29) is 18.1 Å². The number of aromatic amines is 1. The standard InChI is InChI=1S/C16H18ClN3O3/c17-13-4-2-1-3-11(13)5-6-16(21)20-14-9-22-10-15(14)23-12-7-18-19-8-12/h1-4,7-8,14-15H,5-6,9-10H2,(H,18,19)(H,20,21)/t14-,15+/m0/s1. The fourth-order valence-electron chi connectivity index (χ4n) is 2.49. The molecule has 7 heteroatoms. The fraction of sp³-hybridized carbons (Fsp3) is 0.375. The highest BCUT2D eigenvalue weighted by molar-refractivity contribution is 6.31. The van der Waals surface area contributed by atoms with Gasteiger partial charge in [-0.15, -0.1) is 0 Å². The van der Waals surface area contributed by atoms with E-state index in [1.807, 2.05) is 24.3 Å². The van der Waals surface area contributed by atoms with E-state index >= 15 is 0 Å². The lowest BCUT2D eigenvalue weighted by molar-refractivity contribution is -0.122. The number of aromatic nitrogens is 2. The van der Waals surface area contributed by atoms with E-state index in [1.54, 1.807) is 12.4 Å². The Hall–Kier alpha value is -2.05. The van der Waals surface area contributed by atoms with Crippen LogP contribution in [0.4, 0.5) is 0 Å². The number of halogens is 1. The third-order valence-corrected chi connectivity index (χ3v) is 4.08. The zero-order valence-electron chi connectivity index (χ0n) is 12.5. The van der Waals surface area contributed by atoms with E-state index in [0.717, 1.165) is 5.56 Å². The summed E-state index contributed by atoms with van der Waals surface area (Å²) in [6, 6.07) is 7.38. The van der Waals surface area contributed by atoms with Crippen LogP contribution in [0.1, 0.15) is 12.0 Å². The van der Waals surface area contributed by atoms with Gasteiger partial charge in [0.25, 0.3) is 0 Å². The molecular formula is C16H18ClN3O3. The minimum absolute atomic E-state index is 0.0405. The van der Waals surface area contributed by atoms with Gasteiger partial charge in [-0.3, -0.25) is 9.89 Å². The molecule has 6 nitrogen and oxygen atoms in total. The number of carbonyl (C=O) groups is 1. The SMILES string of the molecule is O=C(CCc1ccccc1Cl)N[C@H]1COC[C@H]1Oc1cn[nH]c1. The molecule has 0 saturated carbocycles. The molecule has 3 rings (SSSR count). The maximum absolute atomic E-state index is 12.1. The lowest BCUT2D eigenvalue weighted by atomic mass is 10.1. The number of rotatable bonds is 6. The van der Waals surface area contributed by atoms with Crippen LogP contribution in [0.5, 0.6) is 5.75 Å². The summed E-state index contributed by atoms with van der Waals surface area (Å²) in [7, 11) is 0. The molecule has 122 valence electrons. The largest absolute Gasteiger partial charge is 0.482 e. The van der Waals surface area contributed by atoms with Crippen LogP contribution in [-0.4, -0.2) is 41.5 Å². The summed E-state index contributed by atoms with van der Waals surface area (Å²) in [5, 5.41) is 10.2. The smallest absolute Gasteiger partial charge is 0.220 e. The van der Waals surface area contributed by atoms with Crippen molar-refractivity contribution in [1.29, 1.82) is 0 Å². The van der Waals surface area contributed by atoms with Crippen LogP contribution in [-0.2, 0) is 16.0 Å². The molecule has 1 aromatic heterocycles. The maximum atomic E-state index is 12.1. The van der Waals surface area contributed by atoms with Crippen molar-refractivity contribution in [3.63, 3.8) is 0 Å². The van der Waals surface area contributed by atoms with Gasteiger partial charge in [0.15, 0.2) is 5.75 Å². The van der Waals surface area contributed by atoms with Crippen LogP contribution in [0, 0.1) is 0 Å². The highest BCUT2D eigenvalue weighted by Crippen LogP contribution is 2.18. The molecule has 0 aliphatic carbocycles. The lowest BCUT2D eigenvalue weighted by Crippen LogP contribution is -2.45. The topological polar surface area (TPSA) is 76.2 Å². The molecule has 1 fully saturated rings. The number of H-pyrrole nitrogens is 1. The molecule has 2 atom stereocenters. The molecule has 0 spiro atoms. The summed E-state index contributed by atoms with van der Waals surface area (Å²) in [4.78, 5) is 12.1. The van der Waals surface area contributed by atoms with Gasteiger partial charge in [-0.05, 0) is 18.1 Å². The van der Waals surface area contributed by atoms with Crippen molar-refractivity contribution in [2.24, 2.45) is 0 Å². The van der Waals surface area contributed by atoms with Gasteiger partial charge in [-0.2, -0.15) is 5.10 Å². The second-order valence-electron chi connectivity index (χ2n) is 5.39. The molecule has 1 amide bonds. The number of ether oxygens (including phenoxy) is 2. The summed E-state index contributed by atoms with van der Waals surface area (Å²) in [5.41, 5.74) is 0.971. The number of amides is 1. The number of nitrogens with one attached hydrogen (secondary N) is 2. The van der Waals surface area contributed by atoms with Crippen LogP contribution in [0.25, 0.3) is 0 Å². The zero-order chi connectivity index (χ0) is 16.1. The second kappa shape index (κ2) is 7.48. The number of hydrogen-bond acceptors (Lipinski definition) is 4. The first-order valence-electron chi connectivity index (χ1n) is 7.48. The zero-order valence-corrected chi connectivity index (χ0v) is 13.3. The molecule has 0 radical (unpaired) electrons. The first-order valence-corrected chi connectivity index (χ1v) is 7.86. The van der Waals surface area contributed by atoms with Crippen LogP contribution in [0.2, 0.25) is 5.02 Å². The molecule has 1 aliphatic heterocycles. The second-order valence-corrected chi connectivity index (χ2v) is 5.80. The molecular weight excluding hydrogens is 318 g/mol. The number of aryl methyl sites for hydroxylation is 1. The molecule has 0 unspecified atom stereocenters. The predicted molar refractivity (Wildman–Crippen MR) is 85.5 cm³/mol. The summed E-state index contributed by atoms with van der Waals surface area (Å²) in [5.74, 6) is 0.594. The summed E-state index contributed by atoms with van der Waals surface area (Å²) >= 11 is 6.10. The Balaban J connectivity index is 1.49. The van der Waals surface area contributed by atoms with Gasteiger partial charge < -0.3 is 14.8 Å². The average molecular weight is 336 g/mol. The molecule has 0 bridgehead atoms. The van der Waals surface area contributed by atoms with Crippen molar-refractivity contribution in [3.05, 3.63) is 47.2 Å². The van der Waals surface area contributed by atoms with E-state index in [0.29, 0.717) is 36.8 Å². The number of hydrogen-bond donors (Lipinski definition) is 2. The number of carbonyl (C=O) groups excluding carboxylic acids is 1. The Kier molecular flexibility index (Phi) is 5.15. The fourth-order valence-corrected chi connectivity index (χ4v) is 2.72. The highest BCUT2D eigenvalue weighted by atomic mass is 35.5. The van der Waals surface area contributed by atoms with Gasteiger partial charge in [0.2, 0.25) is 5.91 Å². The average Bonchev–Trinajstić information content (AvgIpc) is 3.20. The van der Waals surface area contributed by atoms with Gasteiger partial charge in [-0.1, -0.05) is 29.8 Å². The monoisotopic (exact) mass is 335 g/mol. The molecule has 1 aromatic carbocycles. The van der Waals surface area contributed by atoms with Crippen molar-refractivity contribution >= 4 is 17.5 Å². The van der Waals surface area contributed by atoms with Gasteiger partial charge in [0, 0.05) is 11.4 Å². The molecule has 23 heavy (non-hydrogen) atoms. The van der Waals surface area contributed by atoms with Gasteiger partial charge in [-0.25, -0.2) is 0 Å². The van der Waals surface area contributed by atoms with Crippen molar-refractivity contribution in [2.75, 3.05) is 13.2 Å². The van der Waals surface area contributed by atoms with E-state index in [2.05, 4.69) is 15.5 Å². The Morgan fingerprint density at radius 2 is 2.30 bits per heavy atom. The Morgan fingerprint density at radius 3 is 3.09 bits per heavy atom. The minimum Gasteiger partial charge on any atom is -0.482 e. The molecule has 2 heterocycles. The molecule has 1 aliphatic rings. The number of benzene rings is 1. The first-order chi connectivity index (χ1) is 11.2. The van der Waals surface area contributed by atoms with Crippen molar-refractivity contribution in [3.8, 4) is 5.75 Å². The van der Waals surface area contributed by atoms with E-state index in [1.165, 1.54) is 0 Å². The minimum atomic E-state index is -0.211. The van der Waals surface area contributed by atoms with Crippen LogP contribution in [0.15, 0.2) is 36.7 Å². The van der Waals surface area contributed by atoms with Crippen molar-refractivity contribution < 1.29 is 14.3 Å². The van der Waals surface area contributed by atoms with Crippen LogP contribution >= 0.6 is 11.6 Å². The molecule has 2 N–H and O–H groups in total. The Bertz CT molecular complexity index is 648. The van der Waals surface area contributed by atoms with Crippen molar-refractivity contribution in [1.82, 2.24) is 15.5 Å². The maximum Gasteiger partial charge on any atom is 0.220 e. The summed E-state index contributed by atoms with van der Waals surface area (Å²) in [6.45, 7) is 0.890. The lowest BCUT2D eigenvalue weighted by Gasteiger charge is -2.19. The summed E-state index contributed by atoms with van der Waals surface area (Å²) in [6.07, 6.45) is 4.02. The quantitative estimate of drug-likeness (QED) is 0.846. The van der Waals surface area contributed by atoms with E-state index in [4.69, 9.17) is 21.1 Å². The Morgan fingerprint density at radius 1 is 1.43 bits per heavy atom. The Labute approximate surface area is 139 Å². The van der Waals surface area contributed by atoms with Crippen LogP contribution < -0.4 is 10.1 Å². The third-order valence-electron chi connectivity index (χ3n) is 3.71. The third kappa shape index (κ3) is 4.24. The first kappa shape index (κ1) is 15.8. The van der Waals surface area contributed by atoms with Gasteiger partial charge >= 0.3 is 0 Å². The highest BCUT2D eigenvalue weighted by Gasteiger charge is 2.31.